The molecule has 0 amide bonds. The first kappa shape index (κ1) is 22.2. The maximum Gasteiger partial charge on any atom is 0.246 e. The van der Waals surface area contributed by atoms with Crippen LogP contribution in [0.3, 0.4) is 0 Å². The molecular formula is C23H24FN3O4S. The van der Waals surface area contributed by atoms with Crippen molar-refractivity contribution in [2.45, 2.75) is 37.8 Å². The van der Waals surface area contributed by atoms with Crippen LogP contribution in [0.15, 0.2) is 53.8 Å². The summed E-state index contributed by atoms with van der Waals surface area (Å²) in [6.07, 6.45) is 8.28. The molecule has 0 atom stereocenters. The lowest BCUT2D eigenvalue weighted by Crippen LogP contribution is -2.35. The van der Waals surface area contributed by atoms with Crippen molar-refractivity contribution in [3.8, 4) is 5.75 Å². The van der Waals surface area contributed by atoms with E-state index < -0.39 is 15.8 Å². The summed E-state index contributed by atoms with van der Waals surface area (Å²) in [5, 5.41) is 0.955. The molecule has 0 radical (unpaired) electrons. The van der Waals surface area contributed by atoms with Crippen LogP contribution >= 0.6 is 0 Å². The summed E-state index contributed by atoms with van der Waals surface area (Å²) >= 11 is 0. The van der Waals surface area contributed by atoms with E-state index in [0.717, 1.165) is 34.4 Å². The third kappa shape index (κ3) is 4.18. The number of ether oxygens (including phenoxy) is 1. The van der Waals surface area contributed by atoms with E-state index in [1.165, 1.54) is 16.4 Å². The molecule has 1 aromatic carbocycles. The zero-order valence-electron chi connectivity index (χ0n) is 17.9. The van der Waals surface area contributed by atoms with Crippen LogP contribution in [-0.4, -0.2) is 47.8 Å². The van der Waals surface area contributed by atoms with Gasteiger partial charge in [-0.15, -0.1) is 0 Å². The van der Waals surface area contributed by atoms with Gasteiger partial charge >= 0.3 is 0 Å². The Morgan fingerprint density at radius 2 is 2.09 bits per heavy atom. The number of hydrogen-bond acceptors (Lipinski definition) is 5. The molecule has 32 heavy (non-hydrogen) atoms. The minimum Gasteiger partial charge on any atom is -0.491 e. The first-order chi connectivity index (χ1) is 15.3. The number of halogens is 1. The van der Waals surface area contributed by atoms with E-state index in [2.05, 4.69) is 4.98 Å². The molecule has 1 aliphatic heterocycles. The van der Waals surface area contributed by atoms with E-state index in [0.29, 0.717) is 12.2 Å². The van der Waals surface area contributed by atoms with Gasteiger partial charge in [0.05, 0.1) is 24.4 Å². The largest absolute Gasteiger partial charge is 0.491 e. The van der Waals surface area contributed by atoms with E-state index in [1.54, 1.807) is 12.4 Å². The molecule has 3 aromatic rings. The molecule has 168 valence electrons. The Kier molecular flexibility index (Phi) is 6.12. The summed E-state index contributed by atoms with van der Waals surface area (Å²) in [7, 11) is -3.99. The Balaban J connectivity index is 1.60. The molecule has 0 aliphatic carbocycles. The Morgan fingerprint density at radius 1 is 1.28 bits per heavy atom. The molecule has 0 saturated carbocycles. The molecule has 0 unspecified atom stereocenters. The Morgan fingerprint density at radius 3 is 2.75 bits per heavy atom. The lowest BCUT2D eigenvalue weighted by atomic mass is 10.0. The monoisotopic (exact) mass is 457 g/mol. The number of sulfonamides is 1. The van der Waals surface area contributed by atoms with Crippen molar-refractivity contribution in [2.75, 3.05) is 13.1 Å². The van der Waals surface area contributed by atoms with Crippen molar-refractivity contribution in [1.29, 1.82) is 0 Å². The lowest BCUT2D eigenvalue weighted by Gasteiger charge is -2.26. The van der Waals surface area contributed by atoms with Gasteiger partial charge in [0.15, 0.2) is 0 Å². The Labute approximate surface area is 186 Å². The summed E-state index contributed by atoms with van der Waals surface area (Å²) in [6, 6.07) is 5.71. The maximum atomic E-state index is 14.6. The van der Waals surface area contributed by atoms with Crippen molar-refractivity contribution in [3.05, 3.63) is 60.3 Å². The van der Waals surface area contributed by atoms with E-state index in [4.69, 9.17) is 4.74 Å². The highest BCUT2D eigenvalue weighted by atomic mass is 32.2. The standard InChI is InChI=1S/C23H24FN3O4S/c1-16(2)31-18-3-4-23(21(24)13-18)32(29,30)27-9-6-17(7-10-27)20-15-26(11-12-28)22-14-25-8-5-19(20)22/h3-6,8,12-16H,7,9-11H2,1-2H3. The van der Waals surface area contributed by atoms with Gasteiger partial charge in [-0.05, 0) is 44.0 Å². The van der Waals surface area contributed by atoms with Gasteiger partial charge < -0.3 is 14.1 Å². The number of benzene rings is 1. The third-order valence-corrected chi connectivity index (χ3v) is 7.26. The minimum absolute atomic E-state index is 0.132. The van der Waals surface area contributed by atoms with Crippen molar-refractivity contribution in [3.63, 3.8) is 0 Å². The fourth-order valence-electron chi connectivity index (χ4n) is 3.91. The van der Waals surface area contributed by atoms with Crippen molar-refractivity contribution >= 4 is 32.8 Å². The molecular weight excluding hydrogens is 433 g/mol. The molecule has 0 fully saturated rings. The zero-order valence-corrected chi connectivity index (χ0v) is 18.7. The van der Waals surface area contributed by atoms with Gasteiger partial charge in [-0.3, -0.25) is 4.98 Å². The van der Waals surface area contributed by atoms with Crippen LogP contribution in [-0.2, 0) is 21.4 Å². The second kappa shape index (κ2) is 8.84. The molecule has 0 saturated heterocycles. The quantitative estimate of drug-likeness (QED) is 0.506. The summed E-state index contributed by atoms with van der Waals surface area (Å²) in [4.78, 5) is 14.8. The highest BCUT2D eigenvalue weighted by molar-refractivity contribution is 7.89. The van der Waals surface area contributed by atoms with Crippen molar-refractivity contribution in [2.24, 2.45) is 0 Å². The fraction of sp³-hybridized carbons (Fsp3) is 0.304. The summed E-state index contributed by atoms with van der Waals surface area (Å²) in [5.74, 6) is -0.541. The van der Waals surface area contributed by atoms with Crippen LogP contribution in [0.25, 0.3) is 16.5 Å². The van der Waals surface area contributed by atoms with E-state index in [9.17, 15) is 17.6 Å². The van der Waals surface area contributed by atoms with Crippen LogP contribution < -0.4 is 4.74 Å². The van der Waals surface area contributed by atoms with Crippen molar-refractivity contribution in [1.82, 2.24) is 13.9 Å². The molecule has 2 aromatic heterocycles. The minimum atomic E-state index is -3.99. The molecule has 0 spiro atoms. The van der Waals surface area contributed by atoms with Gasteiger partial charge in [-0.1, -0.05) is 6.08 Å². The average molecular weight is 458 g/mol. The summed E-state index contributed by atoms with van der Waals surface area (Å²) < 4.78 is 49.2. The first-order valence-electron chi connectivity index (χ1n) is 10.3. The van der Waals surface area contributed by atoms with Crippen LogP contribution in [0.1, 0.15) is 25.8 Å². The average Bonchev–Trinajstić information content (AvgIpc) is 3.12. The number of fused-ring (bicyclic) bond motifs is 1. The summed E-state index contributed by atoms with van der Waals surface area (Å²) in [5.41, 5.74) is 2.78. The van der Waals surface area contributed by atoms with Gasteiger partial charge in [0.1, 0.15) is 22.7 Å². The number of pyridine rings is 1. The van der Waals surface area contributed by atoms with E-state index in [-0.39, 0.29) is 30.6 Å². The van der Waals surface area contributed by atoms with Crippen LogP contribution in [0.2, 0.25) is 0 Å². The highest BCUT2D eigenvalue weighted by Crippen LogP contribution is 2.32. The number of rotatable bonds is 7. The molecule has 7 nitrogen and oxygen atoms in total. The number of aromatic nitrogens is 2. The number of carbonyl (C=O) groups excluding carboxylic acids is 1. The molecule has 3 heterocycles. The molecule has 9 heteroatoms. The Hall–Kier alpha value is -3.04. The van der Waals surface area contributed by atoms with Crippen LogP contribution in [0, 0.1) is 5.82 Å². The maximum absolute atomic E-state index is 14.6. The molecule has 1 aliphatic rings. The van der Waals surface area contributed by atoms with Gasteiger partial charge in [0.2, 0.25) is 10.0 Å². The summed E-state index contributed by atoms with van der Waals surface area (Å²) in [6.45, 7) is 4.20. The van der Waals surface area contributed by atoms with Crippen molar-refractivity contribution < 1.29 is 22.3 Å². The zero-order chi connectivity index (χ0) is 22.9. The molecule has 0 bridgehead atoms. The predicted octanol–water partition coefficient (Wildman–Crippen LogP) is 3.64. The number of hydrogen-bond donors (Lipinski definition) is 0. The lowest BCUT2D eigenvalue weighted by molar-refractivity contribution is -0.108. The van der Waals surface area contributed by atoms with Gasteiger partial charge in [0.25, 0.3) is 0 Å². The van der Waals surface area contributed by atoms with Gasteiger partial charge in [0, 0.05) is 42.5 Å². The molecule has 4 rings (SSSR count). The first-order valence-corrected chi connectivity index (χ1v) is 11.8. The fourth-order valence-corrected chi connectivity index (χ4v) is 5.34. The second-order valence-corrected chi connectivity index (χ2v) is 9.76. The smallest absolute Gasteiger partial charge is 0.246 e. The van der Waals surface area contributed by atoms with Gasteiger partial charge in [-0.2, -0.15) is 4.31 Å². The SMILES string of the molecule is CC(C)Oc1ccc(S(=O)(=O)N2CC=C(c3cn(CC=O)c4cnccc34)CC2)c(F)c1. The number of nitrogens with zero attached hydrogens (tertiary/aromatic N) is 3. The highest BCUT2D eigenvalue weighted by Gasteiger charge is 2.29. The topological polar surface area (TPSA) is 81.5 Å². The normalized spacial score (nSPS) is 15.2. The molecule has 0 N–H and O–H groups in total. The number of carbonyl (C=O) groups is 1. The number of aldehydes is 1. The second-order valence-electron chi connectivity index (χ2n) is 7.86. The third-order valence-electron chi connectivity index (χ3n) is 5.37. The van der Waals surface area contributed by atoms with Gasteiger partial charge in [-0.25, -0.2) is 12.8 Å². The predicted molar refractivity (Wildman–Crippen MR) is 119 cm³/mol. The van der Waals surface area contributed by atoms with E-state index in [1.807, 2.05) is 36.8 Å². The van der Waals surface area contributed by atoms with Crippen LogP contribution in [0.5, 0.6) is 5.75 Å². The Bertz CT molecular complexity index is 1300. The van der Waals surface area contributed by atoms with Crippen LogP contribution in [0.4, 0.5) is 4.39 Å². The van der Waals surface area contributed by atoms with E-state index >= 15 is 0 Å².